The highest BCUT2D eigenvalue weighted by molar-refractivity contribution is 7.90. The Morgan fingerprint density at radius 2 is 1.67 bits per heavy atom. The molecule has 4 N–H and O–H groups in total. The Kier molecular flexibility index (Phi) is 5.70. The monoisotopic (exact) mass is 503 g/mol. The molecule has 0 bridgehead atoms. The van der Waals surface area contributed by atoms with E-state index in [1.165, 1.54) is 54.6 Å². The number of sulfonamides is 1. The summed E-state index contributed by atoms with van der Waals surface area (Å²) in [6, 6.07) is 13.2. The van der Waals surface area contributed by atoms with Crippen LogP contribution in [0, 0.1) is 0 Å². The van der Waals surface area contributed by atoms with Gasteiger partial charge in [0.15, 0.2) is 0 Å². The van der Waals surface area contributed by atoms with E-state index in [2.05, 4.69) is 0 Å². The first-order valence-electron chi connectivity index (χ1n) is 9.19. The van der Waals surface area contributed by atoms with Crippen molar-refractivity contribution in [1.29, 1.82) is 0 Å². The van der Waals surface area contributed by atoms with Crippen LogP contribution >= 0.6 is 22.9 Å². The lowest BCUT2D eigenvalue weighted by molar-refractivity contribution is 0.0984. The number of benzene rings is 2. The van der Waals surface area contributed by atoms with Crippen molar-refractivity contribution in [3.8, 4) is 5.88 Å². The molecule has 2 amide bonds. The van der Waals surface area contributed by atoms with Crippen molar-refractivity contribution >= 4 is 61.6 Å². The molecule has 0 aliphatic rings. The minimum Gasteiger partial charge on any atom is -0.494 e. The van der Waals surface area contributed by atoms with Crippen molar-refractivity contribution < 1.29 is 27.9 Å². The zero-order valence-electron chi connectivity index (χ0n) is 16.5. The number of aromatic hydroxyl groups is 1. The third-order valence-corrected chi connectivity index (χ3v) is 7.35. The Labute approximate surface area is 196 Å². The molecule has 2 aromatic carbocycles. The van der Waals surface area contributed by atoms with Gasteiger partial charge in [-0.1, -0.05) is 29.8 Å². The fraction of sp³-hybridized carbons (Fsp3) is 0. The molecule has 0 saturated heterocycles. The van der Waals surface area contributed by atoms with E-state index in [1.54, 1.807) is 6.07 Å². The number of nitrogens with one attached hydrogen (secondary N) is 1. The molecule has 12 heteroatoms. The van der Waals surface area contributed by atoms with Gasteiger partial charge < -0.3 is 10.8 Å². The van der Waals surface area contributed by atoms with Crippen molar-refractivity contribution in [2.45, 2.75) is 4.90 Å². The molecule has 2 aromatic heterocycles. The van der Waals surface area contributed by atoms with Crippen LogP contribution in [-0.4, -0.2) is 35.8 Å². The third kappa shape index (κ3) is 4.09. The number of hydrogen-bond donors (Lipinski definition) is 3. The molecule has 4 aromatic rings. The van der Waals surface area contributed by atoms with Crippen LogP contribution in [0.5, 0.6) is 5.88 Å². The molecule has 4 rings (SSSR count). The lowest BCUT2D eigenvalue weighted by atomic mass is 10.1. The van der Waals surface area contributed by atoms with E-state index in [1.807, 2.05) is 4.72 Å². The van der Waals surface area contributed by atoms with Crippen LogP contribution in [0.3, 0.4) is 0 Å². The van der Waals surface area contributed by atoms with Crippen molar-refractivity contribution in [3.63, 3.8) is 0 Å². The summed E-state index contributed by atoms with van der Waals surface area (Å²) in [7, 11) is -4.10. The first-order chi connectivity index (χ1) is 15.6. The maximum absolute atomic E-state index is 13.2. The number of rotatable bonds is 5. The molecule has 0 aliphatic heterocycles. The van der Waals surface area contributed by atoms with Gasteiger partial charge in [0, 0.05) is 10.4 Å². The molecule has 0 unspecified atom stereocenters. The number of hydrogen-bond acceptors (Lipinski definition) is 7. The Balaban J connectivity index is 1.69. The second kappa shape index (κ2) is 8.35. The number of carbonyl (C=O) groups excluding carboxylic acids is 3. The lowest BCUT2D eigenvalue weighted by Crippen LogP contribution is -2.29. The van der Waals surface area contributed by atoms with E-state index in [-0.39, 0.29) is 36.1 Å². The topological polar surface area (TPSA) is 149 Å². The number of aromatic nitrogens is 1. The number of amides is 2. The van der Waals surface area contributed by atoms with Crippen molar-refractivity contribution in [2.75, 3.05) is 0 Å². The maximum Gasteiger partial charge on any atom is 0.326 e. The van der Waals surface area contributed by atoms with Gasteiger partial charge in [0.25, 0.3) is 15.9 Å². The van der Waals surface area contributed by atoms with Gasteiger partial charge in [0.05, 0.1) is 25.7 Å². The average Bonchev–Trinajstić information content (AvgIpc) is 3.36. The van der Waals surface area contributed by atoms with Crippen LogP contribution in [0.15, 0.2) is 65.6 Å². The molecule has 0 atom stereocenters. The number of ketones is 1. The second-order valence-electron chi connectivity index (χ2n) is 6.77. The van der Waals surface area contributed by atoms with Gasteiger partial charge in [-0.05, 0) is 42.5 Å². The number of nitrogens with two attached hydrogens (primary N) is 1. The standard InChI is InChI=1S/C21H14ClN3O6S2/c22-11-6-7-14-13(10-11)17(20(28)25(14)21(23)29)18(26)15-8-9-16(32-15)19(27)24-33(30,31)12-4-2-1-3-5-12/h1-10,28H,(H2,23,29)(H,24,27). The van der Waals surface area contributed by atoms with Gasteiger partial charge in [0.1, 0.15) is 0 Å². The van der Waals surface area contributed by atoms with E-state index in [0.29, 0.717) is 0 Å². The fourth-order valence-electron chi connectivity index (χ4n) is 3.23. The van der Waals surface area contributed by atoms with Crippen LogP contribution in [0.25, 0.3) is 10.9 Å². The van der Waals surface area contributed by atoms with Crippen molar-refractivity contribution in [3.05, 3.63) is 81.0 Å². The van der Waals surface area contributed by atoms with Gasteiger partial charge in [-0.3, -0.25) is 9.59 Å². The minimum absolute atomic E-state index is 0.0241. The molecule has 33 heavy (non-hydrogen) atoms. The Morgan fingerprint density at radius 1 is 1.00 bits per heavy atom. The van der Waals surface area contributed by atoms with Crippen LogP contribution in [-0.2, 0) is 10.0 Å². The van der Waals surface area contributed by atoms with Gasteiger partial charge in [-0.15, -0.1) is 11.3 Å². The molecule has 0 saturated carbocycles. The lowest BCUT2D eigenvalue weighted by Gasteiger charge is -2.05. The van der Waals surface area contributed by atoms with Gasteiger partial charge >= 0.3 is 6.03 Å². The number of carbonyl (C=O) groups is 3. The van der Waals surface area contributed by atoms with E-state index in [9.17, 15) is 27.9 Å². The predicted octanol–water partition coefficient (Wildman–Crippen LogP) is 3.34. The average molecular weight is 504 g/mol. The molecule has 168 valence electrons. The summed E-state index contributed by atoms with van der Waals surface area (Å²) in [5.74, 6) is -2.29. The number of fused-ring (bicyclic) bond motifs is 1. The zero-order chi connectivity index (χ0) is 23.9. The summed E-state index contributed by atoms with van der Waals surface area (Å²) < 4.78 is 27.5. The third-order valence-electron chi connectivity index (χ3n) is 4.69. The number of halogens is 1. The molecule has 0 aliphatic carbocycles. The quantitative estimate of drug-likeness (QED) is 0.356. The Morgan fingerprint density at radius 3 is 2.33 bits per heavy atom. The van der Waals surface area contributed by atoms with Crippen LogP contribution in [0.1, 0.15) is 24.9 Å². The largest absolute Gasteiger partial charge is 0.494 e. The minimum atomic E-state index is -4.10. The zero-order valence-corrected chi connectivity index (χ0v) is 18.9. The maximum atomic E-state index is 13.2. The number of nitrogens with zero attached hydrogens (tertiary/aromatic N) is 1. The number of thiophene rings is 1. The summed E-state index contributed by atoms with van der Waals surface area (Å²) in [5, 5.41) is 11.0. The van der Waals surface area contributed by atoms with Crippen molar-refractivity contribution in [2.24, 2.45) is 5.73 Å². The van der Waals surface area contributed by atoms with Crippen LogP contribution < -0.4 is 10.5 Å². The molecular weight excluding hydrogens is 490 g/mol. The van der Waals surface area contributed by atoms with E-state index < -0.39 is 33.6 Å². The molecule has 0 fully saturated rings. The van der Waals surface area contributed by atoms with Gasteiger partial charge in [0.2, 0.25) is 11.7 Å². The summed E-state index contributed by atoms with van der Waals surface area (Å²) in [6.07, 6.45) is 0. The first kappa shape index (κ1) is 22.5. The molecular formula is C21H14ClN3O6S2. The fourth-order valence-corrected chi connectivity index (χ4v) is 5.30. The molecule has 0 radical (unpaired) electrons. The normalized spacial score (nSPS) is 11.4. The summed E-state index contributed by atoms with van der Waals surface area (Å²) >= 11 is 6.74. The van der Waals surface area contributed by atoms with Gasteiger partial charge in [-0.2, -0.15) is 0 Å². The molecule has 0 spiro atoms. The number of primary amides is 1. The predicted molar refractivity (Wildman–Crippen MR) is 122 cm³/mol. The highest BCUT2D eigenvalue weighted by Gasteiger charge is 2.28. The summed E-state index contributed by atoms with van der Waals surface area (Å²) in [4.78, 5) is 37.4. The van der Waals surface area contributed by atoms with Crippen LogP contribution in [0.2, 0.25) is 5.02 Å². The second-order valence-corrected chi connectivity index (χ2v) is 9.98. The smallest absolute Gasteiger partial charge is 0.326 e. The van der Waals surface area contributed by atoms with E-state index in [0.717, 1.165) is 15.9 Å². The van der Waals surface area contributed by atoms with Crippen molar-refractivity contribution in [1.82, 2.24) is 9.29 Å². The summed E-state index contributed by atoms with van der Waals surface area (Å²) in [5.41, 5.74) is 5.29. The van der Waals surface area contributed by atoms with E-state index in [4.69, 9.17) is 17.3 Å². The SMILES string of the molecule is NC(=O)n1c(O)c(C(=O)c2ccc(C(=O)NS(=O)(=O)c3ccccc3)s2)c2cc(Cl)ccc21. The Hall–Kier alpha value is -3.67. The molecule has 2 heterocycles. The first-order valence-corrected chi connectivity index (χ1v) is 11.9. The van der Waals surface area contributed by atoms with E-state index >= 15 is 0 Å². The highest BCUT2D eigenvalue weighted by atomic mass is 35.5. The molecule has 9 nitrogen and oxygen atoms in total. The van der Waals surface area contributed by atoms with Crippen LogP contribution in [0.4, 0.5) is 4.79 Å². The highest BCUT2D eigenvalue weighted by Crippen LogP contribution is 2.35. The van der Waals surface area contributed by atoms with Gasteiger partial charge in [-0.25, -0.2) is 22.5 Å². The summed E-state index contributed by atoms with van der Waals surface area (Å²) in [6.45, 7) is 0. The Bertz CT molecular complexity index is 1540.